The molecule has 1 fully saturated rings. The van der Waals surface area contributed by atoms with E-state index < -0.39 is 0 Å². The maximum Gasteiger partial charge on any atom is 0.259 e. The Balaban J connectivity index is 1.79. The Kier molecular flexibility index (Phi) is 4.81. The van der Waals surface area contributed by atoms with Crippen LogP contribution in [0.5, 0.6) is 0 Å². The number of hydrogen-bond donors (Lipinski definition) is 0. The summed E-state index contributed by atoms with van der Waals surface area (Å²) in [6.45, 7) is 6.05. The molecular formula is C20H24N6O3. The van der Waals surface area contributed by atoms with Gasteiger partial charge in [0.25, 0.3) is 5.91 Å². The van der Waals surface area contributed by atoms with Gasteiger partial charge in [0.15, 0.2) is 5.76 Å². The van der Waals surface area contributed by atoms with Crippen LogP contribution in [0.25, 0.3) is 11.3 Å². The summed E-state index contributed by atoms with van der Waals surface area (Å²) in [5, 5.41) is 7.93. The van der Waals surface area contributed by atoms with E-state index >= 15 is 0 Å². The first-order valence-corrected chi connectivity index (χ1v) is 9.58. The fourth-order valence-electron chi connectivity index (χ4n) is 3.76. The average molecular weight is 396 g/mol. The van der Waals surface area contributed by atoms with Crippen molar-refractivity contribution in [2.24, 2.45) is 0 Å². The van der Waals surface area contributed by atoms with Crippen LogP contribution in [0.3, 0.4) is 0 Å². The maximum atomic E-state index is 13.3. The van der Waals surface area contributed by atoms with E-state index in [9.17, 15) is 4.79 Å². The molecule has 152 valence electrons. The fourth-order valence-corrected chi connectivity index (χ4v) is 3.76. The Bertz CT molecular complexity index is 1030. The third-order valence-electron chi connectivity index (χ3n) is 5.18. The zero-order valence-corrected chi connectivity index (χ0v) is 17.3. The van der Waals surface area contributed by atoms with E-state index in [0.29, 0.717) is 35.3 Å². The van der Waals surface area contributed by atoms with Crippen LogP contribution >= 0.6 is 0 Å². The molecule has 0 radical (unpaired) electrons. The molecule has 1 saturated heterocycles. The number of carbonyl (C=O) groups excluding carboxylic acids is 1. The molecule has 3 aromatic heterocycles. The smallest absolute Gasteiger partial charge is 0.259 e. The lowest BCUT2D eigenvalue weighted by Crippen LogP contribution is -2.32. The van der Waals surface area contributed by atoms with Gasteiger partial charge in [-0.3, -0.25) is 4.79 Å². The van der Waals surface area contributed by atoms with Crippen LogP contribution in [0.2, 0.25) is 0 Å². The Labute approximate surface area is 168 Å². The van der Waals surface area contributed by atoms with Crippen molar-refractivity contribution in [2.75, 3.05) is 25.5 Å². The fraction of sp³-hybridized carbons (Fsp3) is 0.450. The standard InChI is InChI=1S/C20H24N6O3/c1-11-9-16(29-23-11)14-10-21-20(25(4)5)22-18(14)15-7-6-8-26(15)19(27)17-12(2)24-28-13(17)3/h9-10,15H,6-8H2,1-5H3/t15-/m1/s1. The van der Waals surface area contributed by atoms with E-state index in [1.54, 1.807) is 20.0 Å². The second-order valence-electron chi connectivity index (χ2n) is 7.55. The van der Waals surface area contributed by atoms with Gasteiger partial charge < -0.3 is 18.8 Å². The number of amides is 1. The summed E-state index contributed by atoms with van der Waals surface area (Å²) in [6, 6.07) is 1.66. The quantitative estimate of drug-likeness (QED) is 0.663. The van der Waals surface area contributed by atoms with Crippen LogP contribution in [0.15, 0.2) is 21.3 Å². The van der Waals surface area contributed by atoms with Crippen LogP contribution in [-0.4, -0.2) is 51.7 Å². The van der Waals surface area contributed by atoms with Gasteiger partial charge in [0.2, 0.25) is 5.95 Å². The first kappa shape index (κ1) is 19.1. The molecule has 1 aliphatic rings. The van der Waals surface area contributed by atoms with Gasteiger partial charge >= 0.3 is 0 Å². The van der Waals surface area contributed by atoms with Gasteiger partial charge in [0, 0.05) is 32.9 Å². The van der Waals surface area contributed by atoms with Crippen molar-refractivity contribution in [1.82, 2.24) is 25.2 Å². The number of rotatable bonds is 4. The number of hydrogen-bond acceptors (Lipinski definition) is 8. The van der Waals surface area contributed by atoms with Crippen molar-refractivity contribution in [3.63, 3.8) is 0 Å². The number of anilines is 1. The highest BCUT2D eigenvalue weighted by atomic mass is 16.5. The van der Waals surface area contributed by atoms with E-state index in [1.807, 2.05) is 36.9 Å². The molecule has 3 aromatic rings. The van der Waals surface area contributed by atoms with Crippen molar-refractivity contribution in [1.29, 1.82) is 0 Å². The minimum Gasteiger partial charge on any atom is -0.361 e. The molecule has 0 N–H and O–H groups in total. The number of aryl methyl sites for hydroxylation is 3. The van der Waals surface area contributed by atoms with Crippen LogP contribution in [-0.2, 0) is 0 Å². The molecule has 9 heteroatoms. The molecule has 0 bridgehead atoms. The Morgan fingerprint density at radius 1 is 1.21 bits per heavy atom. The second kappa shape index (κ2) is 7.31. The summed E-state index contributed by atoms with van der Waals surface area (Å²) < 4.78 is 10.7. The molecule has 29 heavy (non-hydrogen) atoms. The zero-order chi connectivity index (χ0) is 20.7. The SMILES string of the molecule is Cc1cc(-c2cnc(N(C)C)nc2[C@H]2CCCN2C(=O)c2c(C)noc2C)on1. The molecule has 1 amide bonds. The number of aromatic nitrogens is 4. The van der Waals surface area contributed by atoms with Gasteiger partial charge in [-0.05, 0) is 33.6 Å². The minimum absolute atomic E-state index is 0.0894. The van der Waals surface area contributed by atoms with Gasteiger partial charge in [-0.2, -0.15) is 0 Å². The first-order valence-electron chi connectivity index (χ1n) is 9.58. The highest BCUT2D eigenvalue weighted by molar-refractivity contribution is 5.96. The molecule has 1 atom stereocenters. The lowest BCUT2D eigenvalue weighted by molar-refractivity contribution is 0.0730. The minimum atomic E-state index is -0.196. The number of carbonyl (C=O) groups is 1. The summed E-state index contributed by atoms with van der Waals surface area (Å²) in [4.78, 5) is 26.3. The second-order valence-corrected chi connectivity index (χ2v) is 7.55. The largest absolute Gasteiger partial charge is 0.361 e. The van der Waals surface area contributed by atoms with Crippen molar-refractivity contribution in [3.8, 4) is 11.3 Å². The van der Waals surface area contributed by atoms with E-state index in [2.05, 4.69) is 15.3 Å². The lowest BCUT2D eigenvalue weighted by atomic mass is 10.0. The summed E-state index contributed by atoms with van der Waals surface area (Å²) >= 11 is 0. The molecule has 1 aliphatic heterocycles. The van der Waals surface area contributed by atoms with Gasteiger partial charge in [0.1, 0.15) is 11.3 Å². The summed E-state index contributed by atoms with van der Waals surface area (Å²) in [5.41, 5.74) is 3.41. The molecule has 0 aliphatic carbocycles. The Hall–Kier alpha value is -3.23. The van der Waals surface area contributed by atoms with E-state index in [-0.39, 0.29) is 11.9 Å². The van der Waals surface area contributed by atoms with Crippen LogP contribution < -0.4 is 4.90 Å². The van der Waals surface area contributed by atoms with Crippen LogP contribution in [0.1, 0.15) is 52.1 Å². The third kappa shape index (κ3) is 3.37. The third-order valence-corrected chi connectivity index (χ3v) is 5.18. The normalized spacial score (nSPS) is 16.4. The van der Waals surface area contributed by atoms with E-state index in [0.717, 1.165) is 29.8 Å². The Morgan fingerprint density at radius 3 is 2.62 bits per heavy atom. The van der Waals surface area contributed by atoms with Crippen molar-refractivity contribution in [2.45, 2.75) is 39.7 Å². The van der Waals surface area contributed by atoms with Gasteiger partial charge in [-0.15, -0.1) is 0 Å². The van der Waals surface area contributed by atoms with Gasteiger partial charge in [-0.25, -0.2) is 9.97 Å². The van der Waals surface area contributed by atoms with Gasteiger partial charge in [-0.1, -0.05) is 10.3 Å². The summed E-state index contributed by atoms with van der Waals surface area (Å²) in [7, 11) is 3.78. The molecule has 0 spiro atoms. The molecule has 0 saturated carbocycles. The number of likely N-dealkylation sites (tertiary alicyclic amines) is 1. The number of nitrogens with zero attached hydrogens (tertiary/aromatic N) is 6. The van der Waals surface area contributed by atoms with E-state index in [4.69, 9.17) is 14.0 Å². The van der Waals surface area contributed by atoms with Crippen molar-refractivity contribution < 1.29 is 13.8 Å². The highest BCUT2D eigenvalue weighted by Gasteiger charge is 2.36. The maximum absolute atomic E-state index is 13.3. The summed E-state index contributed by atoms with van der Waals surface area (Å²) in [6.07, 6.45) is 3.43. The molecular weight excluding hydrogens is 372 g/mol. The Morgan fingerprint density at radius 2 is 2.00 bits per heavy atom. The highest BCUT2D eigenvalue weighted by Crippen LogP contribution is 2.38. The predicted octanol–water partition coefficient (Wildman–Crippen LogP) is 3.09. The average Bonchev–Trinajstić information content (AvgIpc) is 3.41. The first-order chi connectivity index (χ1) is 13.9. The molecule has 4 rings (SSSR count). The molecule has 0 aromatic carbocycles. The zero-order valence-electron chi connectivity index (χ0n) is 17.3. The van der Waals surface area contributed by atoms with Crippen LogP contribution in [0, 0.1) is 20.8 Å². The summed E-state index contributed by atoms with van der Waals surface area (Å²) in [5.74, 6) is 1.62. The molecule has 9 nitrogen and oxygen atoms in total. The molecule has 0 unspecified atom stereocenters. The predicted molar refractivity (Wildman–Crippen MR) is 106 cm³/mol. The topological polar surface area (TPSA) is 101 Å². The lowest BCUT2D eigenvalue weighted by Gasteiger charge is -2.26. The molecule has 4 heterocycles. The van der Waals surface area contributed by atoms with Gasteiger partial charge in [0.05, 0.1) is 28.7 Å². The van der Waals surface area contributed by atoms with Crippen LogP contribution in [0.4, 0.5) is 5.95 Å². The van der Waals surface area contributed by atoms with E-state index in [1.165, 1.54) is 0 Å². The van der Waals surface area contributed by atoms with Crippen molar-refractivity contribution >= 4 is 11.9 Å². The monoisotopic (exact) mass is 396 g/mol. The van der Waals surface area contributed by atoms with Crippen molar-refractivity contribution in [3.05, 3.63) is 40.7 Å².